The van der Waals surface area contributed by atoms with E-state index >= 15 is 0 Å². The van der Waals surface area contributed by atoms with Crippen LogP contribution in [0, 0.1) is 0 Å². The standard InChI is InChI=1S/C7H7NO3/c1-5(7(9)10-2)6-8-3-4-11-6/h3-4H,1H2,2H3. The summed E-state index contributed by atoms with van der Waals surface area (Å²) in [5, 5.41) is 0. The lowest BCUT2D eigenvalue weighted by atomic mass is 10.3. The molecule has 0 spiro atoms. The van der Waals surface area contributed by atoms with Crippen LogP contribution < -0.4 is 0 Å². The number of rotatable bonds is 2. The van der Waals surface area contributed by atoms with Crippen molar-refractivity contribution in [3.05, 3.63) is 24.9 Å². The highest BCUT2D eigenvalue weighted by Gasteiger charge is 2.12. The van der Waals surface area contributed by atoms with Gasteiger partial charge in [-0.1, -0.05) is 6.58 Å². The van der Waals surface area contributed by atoms with Gasteiger partial charge in [0.15, 0.2) is 0 Å². The van der Waals surface area contributed by atoms with Gasteiger partial charge in [-0.25, -0.2) is 9.78 Å². The number of carbonyl (C=O) groups is 1. The zero-order chi connectivity index (χ0) is 8.27. The molecule has 1 aromatic heterocycles. The van der Waals surface area contributed by atoms with Crippen molar-refractivity contribution in [3.63, 3.8) is 0 Å². The van der Waals surface area contributed by atoms with Crippen LogP contribution in [0.2, 0.25) is 0 Å². The van der Waals surface area contributed by atoms with E-state index in [-0.39, 0.29) is 11.5 Å². The van der Waals surface area contributed by atoms with E-state index < -0.39 is 5.97 Å². The van der Waals surface area contributed by atoms with E-state index in [1.807, 2.05) is 0 Å². The largest absolute Gasteiger partial charge is 0.465 e. The average molecular weight is 153 g/mol. The van der Waals surface area contributed by atoms with Crippen molar-refractivity contribution in [3.8, 4) is 0 Å². The fourth-order valence-corrected chi connectivity index (χ4v) is 0.583. The maximum Gasteiger partial charge on any atom is 0.342 e. The summed E-state index contributed by atoms with van der Waals surface area (Å²) in [7, 11) is 1.27. The van der Waals surface area contributed by atoms with E-state index in [0.717, 1.165) is 0 Å². The summed E-state index contributed by atoms with van der Waals surface area (Å²) in [5.74, 6) is -0.343. The number of oxazole rings is 1. The molecule has 1 heterocycles. The SMILES string of the molecule is C=C(C(=O)OC)c1ncco1. The molecular weight excluding hydrogens is 146 g/mol. The minimum absolute atomic E-state index is 0.123. The first-order valence-corrected chi connectivity index (χ1v) is 2.93. The number of hydrogen-bond acceptors (Lipinski definition) is 4. The second kappa shape index (κ2) is 3.01. The summed E-state index contributed by atoms with van der Waals surface area (Å²) in [6.45, 7) is 3.44. The minimum atomic E-state index is -0.535. The van der Waals surface area contributed by atoms with Gasteiger partial charge >= 0.3 is 5.97 Å². The van der Waals surface area contributed by atoms with Gasteiger partial charge in [0.05, 0.1) is 13.3 Å². The molecule has 0 unspecified atom stereocenters. The Bertz CT molecular complexity index is 263. The van der Waals surface area contributed by atoms with Crippen molar-refractivity contribution in [2.45, 2.75) is 0 Å². The topological polar surface area (TPSA) is 52.3 Å². The van der Waals surface area contributed by atoms with E-state index in [0.29, 0.717) is 0 Å². The van der Waals surface area contributed by atoms with Gasteiger partial charge in [0.1, 0.15) is 11.8 Å². The van der Waals surface area contributed by atoms with Crippen molar-refractivity contribution in [1.82, 2.24) is 4.98 Å². The molecule has 0 aromatic carbocycles. The Kier molecular flexibility index (Phi) is 2.06. The predicted molar refractivity (Wildman–Crippen MR) is 37.6 cm³/mol. The molecule has 0 aliphatic carbocycles. The van der Waals surface area contributed by atoms with Crippen LogP contribution in [0.25, 0.3) is 5.57 Å². The molecule has 0 bridgehead atoms. The highest BCUT2D eigenvalue weighted by molar-refractivity contribution is 6.13. The Labute approximate surface area is 63.5 Å². The van der Waals surface area contributed by atoms with Crippen LogP contribution in [0.4, 0.5) is 0 Å². The molecule has 11 heavy (non-hydrogen) atoms. The van der Waals surface area contributed by atoms with E-state index in [9.17, 15) is 4.79 Å². The van der Waals surface area contributed by atoms with Crippen molar-refractivity contribution in [2.24, 2.45) is 0 Å². The van der Waals surface area contributed by atoms with Crippen molar-refractivity contribution in [1.29, 1.82) is 0 Å². The Morgan fingerprint density at radius 3 is 3.00 bits per heavy atom. The molecule has 1 rings (SSSR count). The number of hydrogen-bond donors (Lipinski definition) is 0. The number of nitrogens with zero attached hydrogens (tertiary/aromatic N) is 1. The van der Waals surface area contributed by atoms with E-state index in [2.05, 4.69) is 16.3 Å². The molecule has 0 aliphatic heterocycles. The summed E-state index contributed by atoms with van der Waals surface area (Å²) >= 11 is 0. The summed E-state index contributed by atoms with van der Waals surface area (Å²) < 4.78 is 9.20. The van der Waals surface area contributed by atoms with E-state index in [4.69, 9.17) is 4.42 Å². The highest BCUT2D eigenvalue weighted by Crippen LogP contribution is 2.09. The Hall–Kier alpha value is -1.58. The van der Waals surface area contributed by atoms with Gasteiger partial charge < -0.3 is 9.15 Å². The van der Waals surface area contributed by atoms with Crippen molar-refractivity contribution < 1.29 is 13.9 Å². The van der Waals surface area contributed by atoms with Gasteiger partial charge in [-0.05, 0) is 0 Å². The maximum absolute atomic E-state index is 10.8. The molecule has 4 nitrogen and oxygen atoms in total. The molecule has 58 valence electrons. The Morgan fingerprint density at radius 1 is 1.82 bits per heavy atom. The number of carbonyl (C=O) groups excluding carboxylic acids is 1. The van der Waals surface area contributed by atoms with Crippen LogP contribution in [0.3, 0.4) is 0 Å². The lowest BCUT2D eigenvalue weighted by Crippen LogP contribution is -2.02. The fraction of sp³-hybridized carbons (Fsp3) is 0.143. The molecule has 0 radical (unpaired) electrons. The first-order valence-electron chi connectivity index (χ1n) is 2.93. The molecule has 0 saturated carbocycles. The molecule has 4 heteroatoms. The fourth-order valence-electron chi connectivity index (χ4n) is 0.583. The number of ether oxygens (including phenoxy) is 1. The minimum Gasteiger partial charge on any atom is -0.465 e. The lowest BCUT2D eigenvalue weighted by molar-refractivity contribution is -0.133. The Balaban J connectivity index is 2.79. The van der Waals surface area contributed by atoms with Crippen molar-refractivity contribution >= 4 is 11.5 Å². The van der Waals surface area contributed by atoms with Crippen LogP contribution in [0.5, 0.6) is 0 Å². The summed E-state index contributed by atoms with van der Waals surface area (Å²) in [6.07, 6.45) is 2.80. The van der Waals surface area contributed by atoms with Crippen LogP contribution >= 0.6 is 0 Å². The summed E-state index contributed by atoms with van der Waals surface area (Å²) in [6, 6.07) is 0. The van der Waals surface area contributed by atoms with Gasteiger partial charge in [-0.15, -0.1) is 0 Å². The summed E-state index contributed by atoms with van der Waals surface area (Å²) in [5.41, 5.74) is 0.123. The van der Waals surface area contributed by atoms with Gasteiger partial charge in [0, 0.05) is 0 Å². The molecule has 1 aromatic rings. The van der Waals surface area contributed by atoms with Crippen molar-refractivity contribution in [2.75, 3.05) is 7.11 Å². The second-order valence-corrected chi connectivity index (χ2v) is 1.81. The molecule has 0 atom stereocenters. The third kappa shape index (κ3) is 1.46. The van der Waals surface area contributed by atoms with Gasteiger partial charge in [-0.3, -0.25) is 0 Å². The second-order valence-electron chi connectivity index (χ2n) is 1.81. The lowest BCUT2D eigenvalue weighted by Gasteiger charge is -1.96. The molecule has 0 aliphatic rings. The first-order chi connectivity index (χ1) is 5.25. The average Bonchev–Trinajstić information content (AvgIpc) is 2.53. The number of esters is 1. The van der Waals surface area contributed by atoms with E-state index in [1.165, 1.54) is 19.6 Å². The monoisotopic (exact) mass is 153 g/mol. The maximum atomic E-state index is 10.8. The summed E-state index contributed by atoms with van der Waals surface area (Å²) in [4.78, 5) is 14.5. The third-order valence-corrected chi connectivity index (χ3v) is 1.12. The zero-order valence-electron chi connectivity index (χ0n) is 6.03. The number of aromatic nitrogens is 1. The van der Waals surface area contributed by atoms with Gasteiger partial charge in [0.2, 0.25) is 5.89 Å². The molecule has 0 fully saturated rings. The van der Waals surface area contributed by atoms with Crippen LogP contribution in [0.15, 0.2) is 23.5 Å². The zero-order valence-corrected chi connectivity index (χ0v) is 6.03. The smallest absolute Gasteiger partial charge is 0.342 e. The van der Waals surface area contributed by atoms with E-state index in [1.54, 1.807) is 0 Å². The van der Waals surface area contributed by atoms with Crippen LogP contribution in [0.1, 0.15) is 5.89 Å². The predicted octanol–water partition coefficient (Wildman–Crippen LogP) is 0.861. The molecular formula is C7H7NO3. The third-order valence-electron chi connectivity index (χ3n) is 1.12. The Morgan fingerprint density at radius 2 is 2.55 bits per heavy atom. The van der Waals surface area contributed by atoms with Gasteiger partial charge in [-0.2, -0.15) is 0 Å². The van der Waals surface area contributed by atoms with Crippen LogP contribution in [-0.4, -0.2) is 18.1 Å². The normalized spacial score (nSPS) is 9.18. The molecule has 0 saturated heterocycles. The molecule has 0 amide bonds. The van der Waals surface area contributed by atoms with Crippen LogP contribution in [-0.2, 0) is 9.53 Å². The highest BCUT2D eigenvalue weighted by atomic mass is 16.5. The first kappa shape index (κ1) is 7.53. The number of methoxy groups -OCH3 is 1. The quantitative estimate of drug-likeness (QED) is 0.467. The van der Waals surface area contributed by atoms with Gasteiger partial charge in [0.25, 0.3) is 0 Å². The molecule has 0 N–H and O–H groups in total.